The lowest BCUT2D eigenvalue weighted by atomic mass is 10.0. The first-order chi connectivity index (χ1) is 11.5. The number of hydrogen-bond acceptors (Lipinski definition) is 4. The van der Waals surface area contributed by atoms with E-state index in [9.17, 15) is 4.79 Å². The molecule has 124 valence electrons. The minimum absolute atomic E-state index is 0.103. The number of benzene rings is 1. The van der Waals surface area contributed by atoms with Crippen molar-refractivity contribution >= 4 is 16.9 Å². The van der Waals surface area contributed by atoms with Crippen LogP contribution >= 0.6 is 0 Å². The summed E-state index contributed by atoms with van der Waals surface area (Å²) in [5.41, 5.74) is 4.14. The fourth-order valence-electron chi connectivity index (χ4n) is 2.68. The summed E-state index contributed by atoms with van der Waals surface area (Å²) in [5.74, 6) is -0.188. The van der Waals surface area contributed by atoms with Crippen molar-refractivity contribution in [3.63, 3.8) is 0 Å². The average Bonchev–Trinajstić information content (AvgIpc) is 3.01. The molecule has 0 radical (unpaired) electrons. The van der Waals surface area contributed by atoms with Gasteiger partial charge < -0.3 is 10.2 Å². The van der Waals surface area contributed by atoms with Gasteiger partial charge in [0.2, 0.25) is 0 Å². The van der Waals surface area contributed by atoms with Gasteiger partial charge in [-0.25, -0.2) is 4.98 Å². The average molecular weight is 323 g/mol. The third-order valence-corrected chi connectivity index (χ3v) is 3.83. The maximum atomic E-state index is 12.6. The number of carbonyl (C=O) groups excluding carboxylic acids is 1. The molecule has 0 aliphatic rings. The molecule has 0 fully saturated rings. The topological polar surface area (TPSA) is 73.9 Å². The van der Waals surface area contributed by atoms with Gasteiger partial charge in [0.1, 0.15) is 11.2 Å². The number of aryl methyl sites for hydroxylation is 1. The number of rotatable bonds is 5. The zero-order valence-corrected chi connectivity index (χ0v) is 14.1. The number of nitrogens with one attached hydrogen (secondary N) is 2. The van der Waals surface area contributed by atoms with Crippen molar-refractivity contribution in [1.82, 2.24) is 25.4 Å². The highest BCUT2D eigenvalue weighted by atomic mass is 16.1. The van der Waals surface area contributed by atoms with Gasteiger partial charge in [-0.3, -0.25) is 9.89 Å². The summed E-state index contributed by atoms with van der Waals surface area (Å²) in [5, 5.41) is 9.86. The molecule has 1 amide bonds. The highest BCUT2D eigenvalue weighted by Crippen LogP contribution is 2.17. The fourth-order valence-corrected chi connectivity index (χ4v) is 2.68. The number of nitrogens with zero attached hydrogens (tertiary/aromatic N) is 3. The smallest absolute Gasteiger partial charge is 0.270 e. The first kappa shape index (κ1) is 16.1. The molecule has 1 atom stereocenters. The van der Waals surface area contributed by atoms with Gasteiger partial charge in [-0.1, -0.05) is 29.8 Å². The lowest BCUT2D eigenvalue weighted by molar-refractivity contribution is 0.0925. The van der Waals surface area contributed by atoms with Crippen LogP contribution in [0.3, 0.4) is 0 Å². The van der Waals surface area contributed by atoms with Crippen LogP contribution in [0.4, 0.5) is 0 Å². The third-order valence-electron chi connectivity index (χ3n) is 3.83. The molecule has 2 N–H and O–H groups in total. The first-order valence-corrected chi connectivity index (χ1v) is 7.85. The molecule has 6 heteroatoms. The molecule has 0 saturated heterocycles. The number of likely N-dealkylation sites (N-methyl/N-ethyl adjacent to an activating group) is 1. The molecule has 0 aliphatic heterocycles. The van der Waals surface area contributed by atoms with E-state index in [0.717, 1.165) is 11.1 Å². The van der Waals surface area contributed by atoms with E-state index < -0.39 is 0 Å². The Morgan fingerprint density at radius 1 is 1.29 bits per heavy atom. The van der Waals surface area contributed by atoms with Crippen molar-refractivity contribution < 1.29 is 4.79 Å². The molecule has 2 heterocycles. The molecular weight excluding hydrogens is 302 g/mol. The van der Waals surface area contributed by atoms with Crippen molar-refractivity contribution in [3.05, 3.63) is 59.4 Å². The summed E-state index contributed by atoms with van der Waals surface area (Å²) in [6, 6.07) is 11.6. The van der Waals surface area contributed by atoms with Crippen LogP contribution in [0.2, 0.25) is 0 Å². The molecule has 0 bridgehead atoms. The Bertz CT molecular complexity index is 855. The normalized spacial score (nSPS) is 12.5. The van der Waals surface area contributed by atoms with Crippen LogP contribution in [0.25, 0.3) is 11.0 Å². The molecule has 6 nitrogen and oxygen atoms in total. The molecular formula is C18H21N5O. The number of fused-ring (bicyclic) bond motifs is 1. The molecule has 2 aromatic heterocycles. The Kier molecular flexibility index (Phi) is 4.57. The highest BCUT2D eigenvalue weighted by molar-refractivity contribution is 5.94. The van der Waals surface area contributed by atoms with E-state index in [0.29, 0.717) is 17.8 Å². The number of aromatic amines is 1. The van der Waals surface area contributed by atoms with Gasteiger partial charge in [-0.15, -0.1) is 0 Å². The highest BCUT2D eigenvalue weighted by Gasteiger charge is 2.18. The van der Waals surface area contributed by atoms with Gasteiger partial charge >= 0.3 is 0 Å². The summed E-state index contributed by atoms with van der Waals surface area (Å²) in [6.07, 6.45) is 1.62. The maximum absolute atomic E-state index is 12.6. The van der Waals surface area contributed by atoms with Gasteiger partial charge in [0.05, 0.1) is 17.8 Å². The second-order valence-corrected chi connectivity index (χ2v) is 6.20. The van der Waals surface area contributed by atoms with Gasteiger partial charge in [0.25, 0.3) is 5.91 Å². The molecule has 0 spiro atoms. The number of carbonyl (C=O) groups is 1. The zero-order chi connectivity index (χ0) is 17.1. The van der Waals surface area contributed by atoms with Gasteiger partial charge in [0, 0.05) is 6.54 Å². The van der Waals surface area contributed by atoms with E-state index in [1.807, 2.05) is 45.3 Å². The Morgan fingerprint density at radius 3 is 2.88 bits per heavy atom. The summed E-state index contributed by atoms with van der Waals surface area (Å²) < 4.78 is 0. The lowest BCUT2D eigenvalue weighted by Gasteiger charge is -2.23. The predicted octanol–water partition coefficient (Wildman–Crippen LogP) is 2.30. The van der Waals surface area contributed by atoms with Crippen molar-refractivity contribution in [2.75, 3.05) is 20.6 Å². The molecule has 0 saturated carbocycles. The van der Waals surface area contributed by atoms with Crippen LogP contribution in [0.1, 0.15) is 27.7 Å². The van der Waals surface area contributed by atoms with Gasteiger partial charge in [-0.2, -0.15) is 5.10 Å². The third kappa shape index (κ3) is 3.60. The first-order valence-electron chi connectivity index (χ1n) is 7.85. The van der Waals surface area contributed by atoms with Crippen LogP contribution in [-0.4, -0.2) is 46.6 Å². The lowest BCUT2D eigenvalue weighted by Crippen LogP contribution is -2.35. The maximum Gasteiger partial charge on any atom is 0.270 e. The second kappa shape index (κ2) is 6.80. The summed E-state index contributed by atoms with van der Waals surface area (Å²) in [4.78, 5) is 19.1. The number of amides is 1. The van der Waals surface area contributed by atoms with E-state index in [1.54, 1.807) is 12.3 Å². The Morgan fingerprint density at radius 2 is 2.12 bits per heavy atom. The van der Waals surface area contributed by atoms with Crippen LogP contribution in [0.15, 0.2) is 42.6 Å². The largest absolute Gasteiger partial charge is 0.343 e. The molecule has 1 unspecified atom stereocenters. The van der Waals surface area contributed by atoms with E-state index in [-0.39, 0.29) is 11.9 Å². The van der Waals surface area contributed by atoms with E-state index in [4.69, 9.17) is 0 Å². The molecule has 0 aliphatic carbocycles. The van der Waals surface area contributed by atoms with Crippen LogP contribution in [-0.2, 0) is 0 Å². The number of hydrogen-bond donors (Lipinski definition) is 2. The van der Waals surface area contributed by atoms with Crippen molar-refractivity contribution in [3.8, 4) is 0 Å². The SMILES string of the molecule is Cc1cccc(C(CN(C)C)NC(=O)c2ccc3[nH]ncc3n2)c1. The van der Waals surface area contributed by atoms with Crippen LogP contribution < -0.4 is 5.32 Å². The number of pyridine rings is 1. The fraction of sp³-hybridized carbons (Fsp3) is 0.278. The zero-order valence-electron chi connectivity index (χ0n) is 14.1. The van der Waals surface area contributed by atoms with Crippen LogP contribution in [0, 0.1) is 6.92 Å². The number of H-pyrrole nitrogens is 1. The van der Waals surface area contributed by atoms with Crippen molar-refractivity contribution in [2.45, 2.75) is 13.0 Å². The van der Waals surface area contributed by atoms with E-state index >= 15 is 0 Å². The van der Waals surface area contributed by atoms with E-state index in [2.05, 4.69) is 31.5 Å². The Balaban J connectivity index is 1.84. The van der Waals surface area contributed by atoms with Gasteiger partial charge in [0.15, 0.2) is 0 Å². The van der Waals surface area contributed by atoms with Crippen molar-refractivity contribution in [2.24, 2.45) is 0 Å². The molecule has 1 aromatic carbocycles. The Labute approximate surface area is 140 Å². The minimum Gasteiger partial charge on any atom is -0.343 e. The standard InChI is InChI=1S/C18H21N5O/c1-12-5-4-6-13(9-12)17(11-23(2)3)21-18(24)15-8-7-14-16(20-15)10-19-22-14/h4-10,17H,11H2,1-3H3,(H,19,22)(H,21,24). The van der Waals surface area contributed by atoms with Crippen molar-refractivity contribution in [1.29, 1.82) is 0 Å². The van der Waals surface area contributed by atoms with Crippen LogP contribution in [0.5, 0.6) is 0 Å². The minimum atomic E-state index is -0.188. The Hall–Kier alpha value is -2.73. The second-order valence-electron chi connectivity index (χ2n) is 6.20. The molecule has 3 rings (SSSR count). The summed E-state index contributed by atoms with van der Waals surface area (Å²) in [7, 11) is 3.98. The monoisotopic (exact) mass is 323 g/mol. The summed E-state index contributed by atoms with van der Waals surface area (Å²) >= 11 is 0. The summed E-state index contributed by atoms with van der Waals surface area (Å²) in [6.45, 7) is 2.76. The van der Waals surface area contributed by atoms with Gasteiger partial charge in [-0.05, 0) is 38.7 Å². The predicted molar refractivity (Wildman–Crippen MR) is 93.8 cm³/mol. The molecule has 3 aromatic rings. The number of aromatic nitrogens is 3. The molecule has 24 heavy (non-hydrogen) atoms. The quantitative estimate of drug-likeness (QED) is 0.755. The van der Waals surface area contributed by atoms with E-state index in [1.165, 1.54) is 5.56 Å².